The van der Waals surface area contributed by atoms with E-state index in [2.05, 4.69) is 0 Å². The topological polar surface area (TPSA) is 66.4 Å². The lowest BCUT2D eigenvalue weighted by molar-refractivity contribution is -0.121. The smallest absolute Gasteiger partial charge is 0.392 e. The van der Waals surface area contributed by atoms with E-state index >= 15 is 0 Å². The molecule has 1 aromatic carbocycles. The molecule has 0 atom stereocenters. The summed E-state index contributed by atoms with van der Waals surface area (Å²) in [4.78, 5) is -0.258. The van der Waals surface area contributed by atoms with Crippen molar-refractivity contribution >= 4 is 10.0 Å². The fourth-order valence-corrected chi connectivity index (χ4v) is 2.88. The van der Waals surface area contributed by atoms with Gasteiger partial charge >= 0.3 is 6.18 Å². The van der Waals surface area contributed by atoms with E-state index in [0.29, 0.717) is 16.7 Å². The van der Waals surface area contributed by atoms with Crippen molar-refractivity contribution in [1.82, 2.24) is 4.72 Å². The maximum absolute atomic E-state index is 12.0. The summed E-state index contributed by atoms with van der Waals surface area (Å²) in [6.45, 7) is 1.15. The second-order valence-corrected chi connectivity index (χ2v) is 5.88. The quantitative estimate of drug-likeness (QED) is 0.888. The molecule has 4 nitrogen and oxygen atoms in total. The minimum absolute atomic E-state index is 0.258. The van der Waals surface area contributed by atoms with E-state index in [9.17, 15) is 21.6 Å². The number of halogens is 3. The van der Waals surface area contributed by atoms with Gasteiger partial charge in [0.25, 0.3) is 0 Å². The van der Waals surface area contributed by atoms with Gasteiger partial charge in [-0.05, 0) is 36.6 Å². The van der Waals surface area contributed by atoms with Crippen molar-refractivity contribution in [2.75, 3.05) is 6.54 Å². The van der Waals surface area contributed by atoms with Crippen LogP contribution in [0.15, 0.2) is 17.0 Å². The molecule has 0 radical (unpaired) electrons. The van der Waals surface area contributed by atoms with Crippen molar-refractivity contribution in [2.24, 2.45) is 0 Å². The van der Waals surface area contributed by atoms with Gasteiger partial charge in [0, 0.05) is 0 Å². The zero-order chi connectivity index (χ0) is 14.8. The van der Waals surface area contributed by atoms with E-state index in [1.165, 1.54) is 23.8 Å². The summed E-state index contributed by atoms with van der Waals surface area (Å²) >= 11 is 0. The first kappa shape index (κ1) is 15.9. The van der Waals surface area contributed by atoms with Crippen LogP contribution in [0, 0.1) is 13.8 Å². The normalized spacial score (nSPS) is 12.7. The number of aryl methyl sites for hydroxylation is 2. The average molecular weight is 297 g/mol. The van der Waals surface area contributed by atoms with E-state index in [0.717, 1.165) is 0 Å². The summed E-state index contributed by atoms with van der Waals surface area (Å²) in [5, 5.41) is 9.06. The first-order valence-electron chi connectivity index (χ1n) is 5.34. The van der Waals surface area contributed by atoms with Crippen LogP contribution in [-0.2, 0) is 16.6 Å². The standard InChI is InChI=1S/C11H14F3NO3S/c1-7-3-8(2)10(4-9(7)5-16)19(17,18)15-6-11(12,13)14/h3-4,15-16H,5-6H2,1-2H3. The summed E-state index contributed by atoms with van der Waals surface area (Å²) in [5.74, 6) is 0. The van der Waals surface area contributed by atoms with E-state index in [4.69, 9.17) is 5.11 Å². The van der Waals surface area contributed by atoms with Gasteiger partial charge in [-0.1, -0.05) is 6.07 Å². The number of benzene rings is 1. The molecule has 2 N–H and O–H groups in total. The fraction of sp³-hybridized carbons (Fsp3) is 0.455. The highest BCUT2D eigenvalue weighted by molar-refractivity contribution is 7.89. The molecular formula is C11H14F3NO3S. The molecular weight excluding hydrogens is 283 g/mol. The highest BCUT2D eigenvalue weighted by atomic mass is 32.2. The van der Waals surface area contributed by atoms with Crippen molar-refractivity contribution in [1.29, 1.82) is 0 Å². The third-order valence-electron chi connectivity index (χ3n) is 2.56. The summed E-state index contributed by atoms with van der Waals surface area (Å²) in [6.07, 6.45) is -4.62. The Kier molecular flexibility index (Phi) is 4.59. The SMILES string of the molecule is Cc1cc(C)c(S(=O)(=O)NCC(F)(F)F)cc1CO. The number of rotatable bonds is 4. The van der Waals surface area contributed by atoms with Crippen molar-refractivity contribution in [2.45, 2.75) is 31.5 Å². The number of alkyl halides is 3. The van der Waals surface area contributed by atoms with Crippen LogP contribution in [0.2, 0.25) is 0 Å². The molecule has 0 aliphatic heterocycles. The number of nitrogens with one attached hydrogen (secondary N) is 1. The summed E-state index contributed by atoms with van der Waals surface area (Å²) in [5.41, 5.74) is 1.36. The van der Waals surface area contributed by atoms with Gasteiger partial charge in [-0.3, -0.25) is 0 Å². The molecule has 0 aliphatic rings. The molecule has 0 amide bonds. The van der Waals surface area contributed by atoms with Gasteiger partial charge in [0.15, 0.2) is 0 Å². The Balaban J connectivity index is 3.14. The lowest BCUT2D eigenvalue weighted by Gasteiger charge is -2.13. The number of hydrogen-bond donors (Lipinski definition) is 2. The van der Waals surface area contributed by atoms with E-state index in [1.54, 1.807) is 6.92 Å². The van der Waals surface area contributed by atoms with E-state index < -0.39 is 22.7 Å². The van der Waals surface area contributed by atoms with Gasteiger partial charge in [0.2, 0.25) is 10.0 Å². The number of hydrogen-bond acceptors (Lipinski definition) is 3. The Morgan fingerprint density at radius 2 is 1.79 bits per heavy atom. The van der Waals surface area contributed by atoms with Gasteiger partial charge in [0.1, 0.15) is 6.54 Å². The molecule has 0 saturated heterocycles. The van der Waals surface area contributed by atoms with Crippen molar-refractivity contribution in [3.8, 4) is 0 Å². The Morgan fingerprint density at radius 1 is 1.21 bits per heavy atom. The van der Waals surface area contributed by atoms with Crippen LogP contribution in [0.5, 0.6) is 0 Å². The zero-order valence-corrected chi connectivity index (χ0v) is 11.2. The minimum atomic E-state index is -4.62. The van der Waals surface area contributed by atoms with Crippen LogP contribution in [-0.4, -0.2) is 26.2 Å². The fourth-order valence-electron chi connectivity index (χ4n) is 1.59. The molecule has 0 heterocycles. The van der Waals surface area contributed by atoms with Crippen LogP contribution in [0.1, 0.15) is 16.7 Å². The highest BCUT2D eigenvalue weighted by Crippen LogP contribution is 2.21. The first-order chi connectivity index (χ1) is 8.57. The minimum Gasteiger partial charge on any atom is -0.392 e. The van der Waals surface area contributed by atoms with Crippen molar-refractivity contribution in [3.63, 3.8) is 0 Å². The summed E-state index contributed by atoms with van der Waals surface area (Å²) in [6, 6.07) is 2.69. The molecule has 19 heavy (non-hydrogen) atoms. The van der Waals surface area contributed by atoms with E-state index in [1.807, 2.05) is 0 Å². The number of aliphatic hydroxyl groups is 1. The lowest BCUT2D eigenvalue weighted by atomic mass is 10.1. The van der Waals surface area contributed by atoms with Gasteiger partial charge in [-0.2, -0.15) is 13.2 Å². The lowest BCUT2D eigenvalue weighted by Crippen LogP contribution is -2.34. The maximum atomic E-state index is 12.0. The zero-order valence-electron chi connectivity index (χ0n) is 10.4. The van der Waals surface area contributed by atoms with Crippen LogP contribution < -0.4 is 4.72 Å². The molecule has 108 valence electrons. The molecule has 0 aliphatic carbocycles. The second-order valence-electron chi connectivity index (χ2n) is 4.14. The van der Waals surface area contributed by atoms with E-state index in [-0.39, 0.29) is 11.5 Å². The molecule has 0 aromatic heterocycles. The second kappa shape index (κ2) is 5.48. The number of aliphatic hydroxyl groups excluding tert-OH is 1. The molecule has 0 saturated carbocycles. The van der Waals surface area contributed by atoms with Crippen molar-refractivity contribution < 1.29 is 26.7 Å². The van der Waals surface area contributed by atoms with Gasteiger partial charge in [-0.25, -0.2) is 13.1 Å². The Hall–Kier alpha value is -1.12. The third-order valence-corrected chi connectivity index (χ3v) is 4.10. The number of sulfonamides is 1. The van der Waals surface area contributed by atoms with Gasteiger partial charge < -0.3 is 5.11 Å². The third kappa shape index (κ3) is 4.19. The maximum Gasteiger partial charge on any atom is 0.402 e. The van der Waals surface area contributed by atoms with Crippen LogP contribution >= 0.6 is 0 Å². The Labute approximate surface area is 109 Å². The summed E-state index contributed by atoms with van der Waals surface area (Å²) < 4.78 is 61.2. The molecule has 0 spiro atoms. The molecule has 0 unspecified atom stereocenters. The van der Waals surface area contributed by atoms with Crippen LogP contribution in [0.4, 0.5) is 13.2 Å². The predicted molar refractivity (Wildman–Crippen MR) is 63.1 cm³/mol. The predicted octanol–water partition coefficient (Wildman–Crippen LogP) is 1.64. The largest absolute Gasteiger partial charge is 0.402 e. The monoisotopic (exact) mass is 297 g/mol. The van der Waals surface area contributed by atoms with Crippen LogP contribution in [0.25, 0.3) is 0 Å². The van der Waals surface area contributed by atoms with Crippen molar-refractivity contribution in [3.05, 3.63) is 28.8 Å². The molecule has 8 heteroatoms. The summed E-state index contributed by atoms with van der Waals surface area (Å²) in [7, 11) is -4.25. The molecule has 1 rings (SSSR count). The molecule has 0 bridgehead atoms. The highest BCUT2D eigenvalue weighted by Gasteiger charge is 2.30. The Bertz CT molecular complexity index is 567. The van der Waals surface area contributed by atoms with Crippen LogP contribution in [0.3, 0.4) is 0 Å². The average Bonchev–Trinajstić information content (AvgIpc) is 2.25. The van der Waals surface area contributed by atoms with Gasteiger partial charge in [0.05, 0.1) is 11.5 Å². The van der Waals surface area contributed by atoms with Gasteiger partial charge in [-0.15, -0.1) is 0 Å². The molecule has 1 aromatic rings. The Morgan fingerprint density at radius 3 is 2.26 bits per heavy atom. The first-order valence-corrected chi connectivity index (χ1v) is 6.82. The molecule has 0 fully saturated rings.